The third-order valence-electron chi connectivity index (χ3n) is 5.39. The first-order chi connectivity index (χ1) is 16.9. The number of carbonyl (C=O) groups is 1. The summed E-state index contributed by atoms with van der Waals surface area (Å²) in [4.78, 5) is 17.7. The first-order valence-corrected chi connectivity index (χ1v) is 13.1. The lowest BCUT2D eigenvalue weighted by Gasteiger charge is -2.09. The molecule has 5 rings (SSSR count). The van der Waals surface area contributed by atoms with Crippen molar-refractivity contribution >= 4 is 66.5 Å². The number of carbonyl (C=O) groups excluding carboxylic acids is 1. The molecule has 9 heteroatoms. The quantitative estimate of drug-likeness (QED) is 0.312. The van der Waals surface area contributed by atoms with Crippen LogP contribution >= 0.6 is 43.6 Å². The molecular weight excluding hydrogens is 596 g/mol. The van der Waals surface area contributed by atoms with Crippen molar-refractivity contribution in [1.29, 1.82) is 0 Å². The summed E-state index contributed by atoms with van der Waals surface area (Å²) in [6.07, 6.45) is 1.84. The Morgan fingerprint density at radius 2 is 1.83 bits per heavy atom. The van der Waals surface area contributed by atoms with Crippen LogP contribution in [0, 0.1) is 13.8 Å². The Bertz CT molecular complexity index is 1380. The number of benzene rings is 3. The first kappa shape index (κ1) is 24.0. The van der Waals surface area contributed by atoms with Crippen LogP contribution in [0.4, 0.5) is 5.69 Å². The van der Waals surface area contributed by atoms with Crippen molar-refractivity contribution in [3.63, 3.8) is 0 Å². The van der Waals surface area contributed by atoms with Gasteiger partial charge in [-0.3, -0.25) is 4.79 Å². The van der Waals surface area contributed by atoms with Crippen molar-refractivity contribution in [3.05, 3.63) is 84.6 Å². The van der Waals surface area contributed by atoms with Gasteiger partial charge < -0.3 is 19.5 Å². The fraction of sp³-hybridized carbons (Fsp3) is 0.154. The standard InChI is InChI=1S/C26H20Br2N2O4S/c1-14-7-18(8-15(2)24(14)28)29-26-30-25(31)23(35-26)11-16-3-5-20(19(27)9-16)32-12-17-4-6-21-22(10-17)34-13-33-21/h3-11H,12-13H2,1-2H3,(H,29,30,31)/b23-11-. The van der Waals surface area contributed by atoms with Gasteiger partial charge in [-0.05, 0) is 106 Å². The normalized spacial score (nSPS) is 16.7. The number of rotatable bonds is 5. The van der Waals surface area contributed by atoms with Crippen LogP contribution in [0.5, 0.6) is 17.2 Å². The average Bonchev–Trinajstić information content (AvgIpc) is 3.42. The number of thioether (sulfide) groups is 1. The van der Waals surface area contributed by atoms with E-state index in [2.05, 4.69) is 42.2 Å². The molecule has 6 nitrogen and oxygen atoms in total. The summed E-state index contributed by atoms with van der Waals surface area (Å²) in [6.45, 7) is 4.68. The molecule has 1 N–H and O–H groups in total. The predicted molar refractivity (Wildman–Crippen MR) is 145 cm³/mol. The minimum atomic E-state index is -0.168. The Labute approximate surface area is 224 Å². The van der Waals surface area contributed by atoms with Gasteiger partial charge in [0.1, 0.15) is 12.4 Å². The summed E-state index contributed by atoms with van der Waals surface area (Å²) in [5, 5.41) is 3.41. The fourth-order valence-corrected chi connectivity index (χ4v) is 5.23. The molecule has 0 aromatic heterocycles. The number of ether oxygens (including phenoxy) is 3. The van der Waals surface area contributed by atoms with Crippen LogP contribution in [-0.2, 0) is 11.4 Å². The van der Waals surface area contributed by atoms with Gasteiger partial charge in [0, 0.05) is 4.47 Å². The third kappa shape index (κ3) is 5.42. The van der Waals surface area contributed by atoms with Crippen LogP contribution in [0.1, 0.15) is 22.3 Å². The van der Waals surface area contributed by atoms with Crippen molar-refractivity contribution in [2.45, 2.75) is 20.5 Å². The number of amidine groups is 1. The zero-order chi connectivity index (χ0) is 24.5. The summed E-state index contributed by atoms with van der Waals surface area (Å²) < 4.78 is 18.6. The number of fused-ring (bicyclic) bond motifs is 1. The van der Waals surface area contributed by atoms with E-state index in [1.165, 1.54) is 11.8 Å². The first-order valence-electron chi connectivity index (χ1n) is 10.7. The molecule has 3 aromatic carbocycles. The summed E-state index contributed by atoms with van der Waals surface area (Å²) in [7, 11) is 0. The van der Waals surface area contributed by atoms with E-state index >= 15 is 0 Å². The van der Waals surface area contributed by atoms with Gasteiger partial charge in [-0.15, -0.1) is 0 Å². The number of hydrogen-bond acceptors (Lipinski definition) is 6. The van der Waals surface area contributed by atoms with E-state index in [-0.39, 0.29) is 12.7 Å². The molecule has 2 heterocycles. The molecule has 2 aliphatic rings. The van der Waals surface area contributed by atoms with Crippen LogP contribution in [0.15, 0.2) is 67.4 Å². The Hall–Kier alpha value is -2.75. The van der Waals surface area contributed by atoms with Crippen molar-refractivity contribution in [3.8, 4) is 17.2 Å². The molecule has 1 amide bonds. The number of nitrogens with zero attached hydrogens (tertiary/aromatic N) is 1. The van der Waals surface area contributed by atoms with Crippen LogP contribution in [-0.4, -0.2) is 17.9 Å². The zero-order valence-corrected chi connectivity index (χ0v) is 22.8. The molecule has 2 aliphatic heterocycles. The molecule has 35 heavy (non-hydrogen) atoms. The molecule has 0 atom stereocenters. The van der Waals surface area contributed by atoms with Gasteiger partial charge in [0.25, 0.3) is 5.91 Å². The highest BCUT2D eigenvalue weighted by molar-refractivity contribution is 9.10. The molecule has 0 unspecified atom stereocenters. The Morgan fingerprint density at radius 1 is 1.06 bits per heavy atom. The van der Waals surface area contributed by atoms with Gasteiger partial charge in [-0.25, -0.2) is 4.99 Å². The largest absolute Gasteiger partial charge is 0.488 e. The number of aryl methyl sites for hydroxylation is 2. The summed E-state index contributed by atoms with van der Waals surface area (Å²) in [5.41, 5.74) is 4.86. The lowest BCUT2D eigenvalue weighted by Crippen LogP contribution is -2.19. The highest BCUT2D eigenvalue weighted by Gasteiger charge is 2.24. The van der Waals surface area contributed by atoms with Gasteiger partial charge in [0.05, 0.1) is 15.1 Å². The third-order valence-corrected chi connectivity index (χ3v) is 8.17. The van der Waals surface area contributed by atoms with E-state index in [4.69, 9.17) is 14.2 Å². The maximum absolute atomic E-state index is 12.5. The number of nitrogens with one attached hydrogen (secondary N) is 1. The van der Waals surface area contributed by atoms with Crippen molar-refractivity contribution in [2.75, 3.05) is 6.79 Å². The number of halogens is 2. The molecule has 0 radical (unpaired) electrons. The van der Waals surface area contributed by atoms with Gasteiger partial charge in [-0.2, -0.15) is 0 Å². The summed E-state index contributed by atoms with van der Waals surface area (Å²) in [6, 6.07) is 15.4. The fourth-order valence-electron chi connectivity index (χ4n) is 3.65. The lowest BCUT2D eigenvalue weighted by molar-refractivity contribution is -0.115. The Morgan fingerprint density at radius 3 is 2.60 bits per heavy atom. The second-order valence-corrected chi connectivity index (χ2v) is 10.7. The van der Waals surface area contributed by atoms with Crippen molar-refractivity contribution in [1.82, 2.24) is 5.32 Å². The minimum Gasteiger partial charge on any atom is -0.488 e. The Balaban J connectivity index is 1.27. The smallest absolute Gasteiger partial charge is 0.264 e. The second kappa shape index (κ2) is 10.1. The number of hydrogen-bond donors (Lipinski definition) is 1. The van der Waals surface area contributed by atoms with E-state index in [0.29, 0.717) is 22.4 Å². The highest BCUT2D eigenvalue weighted by atomic mass is 79.9. The lowest BCUT2D eigenvalue weighted by atomic mass is 10.1. The van der Waals surface area contributed by atoms with Crippen LogP contribution in [0.2, 0.25) is 0 Å². The molecule has 0 aliphatic carbocycles. The molecule has 0 saturated carbocycles. The van der Waals surface area contributed by atoms with Crippen molar-refractivity contribution in [2.24, 2.45) is 4.99 Å². The van der Waals surface area contributed by atoms with Crippen molar-refractivity contribution < 1.29 is 19.0 Å². The number of amides is 1. The molecule has 0 spiro atoms. The van der Waals surface area contributed by atoms with Crippen LogP contribution < -0.4 is 19.5 Å². The van der Waals surface area contributed by atoms with Gasteiger partial charge in [-0.1, -0.05) is 28.1 Å². The second-order valence-electron chi connectivity index (χ2n) is 8.04. The van der Waals surface area contributed by atoms with Crippen LogP contribution in [0.3, 0.4) is 0 Å². The highest BCUT2D eigenvalue weighted by Crippen LogP contribution is 2.35. The zero-order valence-electron chi connectivity index (χ0n) is 18.9. The van der Waals surface area contributed by atoms with Crippen LogP contribution in [0.25, 0.3) is 6.08 Å². The molecule has 178 valence electrons. The van der Waals surface area contributed by atoms with E-state index < -0.39 is 0 Å². The molecule has 3 aromatic rings. The van der Waals surface area contributed by atoms with Gasteiger partial charge in [0.15, 0.2) is 16.7 Å². The molecule has 0 bridgehead atoms. The molecule has 1 saturated heterocycles. The Kier molecular flexibility index (Phi) is 6.91. The predicted octanol–water partition coefficient (Wildman–Crippen LogP) is 7.03. The summed E-state index contributed by atoms with van der Waals surface area (Å²) >= 11 is 8.47. The monoisotopic (exact) mass is 614 g/mol. The van der Waals surface area contributed by atoms with E-state index in [1.54, 1.807) is 0 Å². The summed E-state index contributed by atoms with van der Waals surface area (Å²) in [5.74, 6) is 2.01. The maximum atomic E-state index is 12.5. The average molecular weight is 616 g/mol. The van der Waals surface area contributed by atoms with E-state index in [0.717, 1.165) is 48.4 Å². The SMILES string of the molecule is Cc1cc(N=C2NC(=O)/C(=C/c3ccc(OCc4ccc5c(c4)OCO5)c(Br)c3)S2)cc(C)c1Br. The topological polar surface area (TPSA) is 69.2 Å². The molecule has 1 fully saturated rings. The molecular formula is C26H20Br2N2O4S. The van der Waals surface area contributed by atoms with E-state index in [1.807, 2.05) is 68.5 Å². The number of aliphatic imine (C=N–C) groups is 1. The minimum absolute atomic E-state index is 0.168. The van der Waals surface area contributed by atoms with Gasteiger partial charge >= 0.3 is 0 Å². The van der Waals surface area contributed by atoms with E-state index in [9.17, 15) is 4.79 Å². The van der Waals surface area contributed by atoms with Gasteiger partial charge in [0.2, 0.25) is 6.79 Å². The maximum Gasteiger partial charge on any atom is 0.264 e.